The largest absolute Gasteiger partial charge is 0.337 e. The number of hydrogen-bond donors (Lipinski definition) is 1. The van der Waals surface area contributed by atoms with Crippen LogP contribution in [0.2, 0.25) is 0 Å². The second-order valence-corrected chi connectivity index (χ2v) is 4.94. The van der Waals surface area contributed by atoms with Crippen molar-refractivity contribution in [1.29, 1.82) is 0 Å². The second-order valence-electron chi connectivity index (χ2n) is 4.94. The van der Waals surface area contributed by atoms with Crippen LogP contribution in [0.5, 0.6) is 0 Å². The van der Waals surface area contributed by atoms with E-state index < -0.39 is 0 Å². The summed E-state index contributed by atoms with van der Waals surface area (Å²) in [6, 6.07) is 8.09. The van der Waals surface area contributed by atoms with Crippen molar-refractivity contribution in [3.63, 3.8) is 0 Å². The monoisotopic (exact) mass is 245 g/mol. The van der Waals surface area contributed by atoms with Crippen LogP contribution in [0, 0.1) is 6.92 Å². The molecule has 0 spiro atoms. The van der Waals surface area contributed by atoms with Gasteiger partial charge in [-0.2, -0.15) is 4.98 Å². The summed E-state index contributed by atoms with van der Waals surface area (Å²) in [4.78, 5) is 4.46. The Bertz CT molecular complexity index is 514. The Balaban J connectivity index is 2.28. The van der Waals surface area contributed by atoms with E-state index >= 15 is 0 Å². The quantitative estimate of drug-likeness (QED) is 0.899. The lowest BCUT2D eigenvalue weighted by atomic mass is 10.1. The van der Waals surface area contributed by atoms with Gasteiger partial charge in [-0.1, -0.05) is 41.9 Å². The van der Waals surface area contributed by atoms with Gasteiger partial charge in [-0.15, -0.1) is 0 Å². The Morgan fingerprint density at radius 1 is 1.22 bits per heavy atom. The molecule has 0 saturated carbocycles. The number of aromatic nitrogens is 2. The number of benzene rings is 1. The number of nitrogens with zero attached hydrogens (tertiary/aromatic N) is 2. The highest BCUT2D eigenvalue weighted by molar-refractivity contribution is 5.54. The number of rotatable bonds is 4. The molecular weight excluding hydrogens is 226 g/mol. The molecule has 1 aromatic heterocycles. The van der Waals surface area contributed by atoms with E-state index in [1.807, 2.05) is 38.1 Å². The van der Waals surface area contributed by atoms with E-state index in [-0.39, 0.29) is 5.54 Å². The maximum atomic E-state index is 5.34. The molecule has 4 nitrogen and oxygen atoms in total. The van der Waals surface area contributed by atoms with Gasteiger partial charge in [-0.05, 0) is 27.3 Å². The number of aryl methyl sites for hydroxylation is 1. The minimum absolute atomic E-state index is 0.301. The molecule has 18 heavy (non-hydrogen) atoms. The molecule has 96 valence electrons. The summed E-state index contributed by atoms with van der Waals surface area (Å²) in [6.07, 6.45) is 0. The molecule has 0 atom stereocenters. The Morgan fingerprint density at radius 3 is 2.50 bits per heavy atom. The fourth-order valence-electron chi connectivity index (χ4n) is 1.81. The lowest BCUT2D eigenvalue weighted by Gasteiger charge is -2.20. The van der Waals surface area contributed by atoms with E-state index in [1.54, 1.807) is 0 Å². The van der Waals surface area contributed by atoms with Crippen molar-refractivity contribution in [3.8, 4) is 11.4 Å². The Hall–Kier alpha value is -1.68. The first-order valence-electron chi connectivity index (χ1n) is 6.19. The van der Waals surface area contributed by atoms with Gasteiger partial charge in [-0.3, -0.25) is 0 Å². The molecule has 2 aromatic rings. The highest BCUT2D eigenvalue weighted by Crippen LogP contribution is 2.22. The molecule has 4 heteroatoms. The summed E-state index contributed by atoms with van der Waals surface area (Å²) < 4.78 is 5.34. The second kappa shape index (κ2) is 4.90. The van der Waals surface area contributed by atoms with Crippen molar-refractivity contribution >= 4 is 0 Å². The van der Waals surface area contributed by atoms with Gasteiger partial charge in [0.25, 0.3) is 0 Å². The molecule has 0 aliphatic heterocycles. The molecule has 2 rings (SSSR count). The Kier molecular flexibility index (Phi) is 3.48. The van der Waals surface area contributed by atoms with E-state index in [1.165, 1.54) is 5.56 Å². The van der Waals surface area contributed by atoms with Crippen molar-refractivity contribution in [2.24, 2.45) is 0 Å². The molecule has 0 aliphatic rings. The van der Waals surface area contributed by atoms with Crippen LogP contribution in [-0.4, -0.2) is 16.7 Å². The van der Waals surface area contributed by atoms with Gasteiger partial charge in [0.2, 0.25) is 11.7 Å². The summed E-state index contributed by atoms with van der Waals surface area (Å²) in [5, 5.41) is 7.35. The maximum Gasteiger partial charge on any atom is 0.246 e. The lowest BCUT2D eigenvalue weighted by molar-refractivity contribution is 0.272. The molecule has 0 fully saturated rings. The van der Waals surface area contributed by atoms with E-state index in [4.69, 9.17) is 4.52 Å². The molecule has 1 heterocycles. The zero-order valence-electron chi connectivity index (χ0n) is 11.3. The van der Waals surface area contributed by atoms with Crippen molar-refractivity contribution in [3.05, 3.63) is 35.7 Å². The van der Waals surface area contributed by atoms with Crippen LogP contribution >= 0.6 is 0 Å². The van der Waals surface area contributed by atoms with Crippen LogP contribution in [0.3, 0.4) is 0 Å². The third-order valence-corrected chi connectivity index (χ3v) is 2.89. The SMILES string of the molecule is CCNC(C)(C)c1nc(-c2ccc(C)cc2)no1. The third kappa shape index (κ3) is 2.59. The molecule has 1 N–H and O–H groups in total. The van der Waals surface area contributed by atoms with Crippen molar-refractivity contribution < 1.29 is 4.52 Å². The number of nitrogens with one attached hydrogen (secondary N) is 1. The van der Waals surface area contributed by atoms with Crippen LogP contribution in [0.1, 0.15) is 32.2 Å². The zero-order chi connectivity index (χ0) is 13.2. The predicted octanol–water partition coefficient (Wildman–Crippen LogP) is 2.89. The first kappa shape index (κ1) is 12.8. The zero-order valence-corrected chi connectivity index (χ0v) is 11.3. The van der Waals surface area contributed by atoms with Gasteiger partial charge in [0.05, 0.1) is 5.54 Å². The average molecular weight is 245 g/mol. The van der Waals surface area contributed by atoms with Gasteiger partial charge >= 0.3 is 0 Å². The first-order valence-corrected chi connectivity index (χ1v) is 6.19. The summed E-state index contributed by atoms with van der Waals surface area (Å²) in [5.74, 6) is 1.25. The molecule has 0 aliphatic carbocycles. The number of hydrogen-bond acceptors (Lipinski definition) is 4. The van der Waals surface area contributed by atoms with Gasteiger partial charge in [0, 0.05) is 5.56 Å². The molecule has 0 radical (unpaired) electrons. The van der Waals surface area contributed by atoms with Crippen molar-refractivity contribution in [2.45, 2.75) is 33.2 Å². The van der Waals surface area contributed by atoms with E-state index in [2.05, 4.69) is 29.3 Å². The summed E-state index contributed by atoms with van der Waals surface area (Å²) >= 11 is 0. The fourth-order valence-corrected chi connectivity index (χ4v) is 1.81. The summed E-state index contributed by atoms with van der Waals surface area (Å²) in [5.41, 5.74) is 1.89. The average Bonchev–Trinajstić information content (AvgIpc) is 2.80. The molecular formula is C14H19N3O. The van der Waals surface area contributed by atoms with E-state index in [9.17, 15) is 0 Å². The highest BCUT2D eigenvalue weighted by atomic mass is 16.5. The van der Waals surface area contributed by atoms with Crippen LogP contribution in [0.4, 0.5) is 0 Å². The van der Waals surface area contributed by atoms with Gasteiger partial charge in [0.15, 0.2) is 0 Å². The molecule has 0 unspecified atom stereocenters. The van der Waals surface area contributed by atoms with E-state index in [0.717, 1.165) is 12.1 Å². The highest BCUT2D eigenvalue weighted by Gasteiger charge is 2.26. The molecule has 0 amide bonds. The lowest BCUT2D eigenvalue weighted by Crippen LogP contribution is -2.36. The Labute approximate surface area is 107 Å². The maximum absolute atomic E-state index is 5.34. The minimum atomic E-state index is -0.301. The molecule has 0 bridgehead atoms. The Morgan fingerprint density at radius 2 is 1.89 bits per heavy atom. The third-order valence-electron chi connectivity index (χ3n) is 2.89. The minimum Gasteiger partial charge on any atom is -0.337 e. The van der Waals surface area contributed by atoms with Gasteiger partial charge < -0.3 is 9.84 Å². The summed E-state index contributed by atoms with van der Waals surface area (Å²) in [7, 11) is 0. The van der Waals surface area contributed by atoms with Crippen molar-refractivity contribution in [2.75, 3.05) is 6.54 Å². The first-order chi connectivity index (χ1) is 8.53. The summed E-state index contributed by atoms with van der Waals surface area (Å²) in [6.45, 7) is 9.03. The molecule has 0 saturated heterocycles. The van der Waals surface area contributed by atoms with Crippen LogP contribution in [-0.2, 0) is 5.54 Å². The predicted molar refractivity (Wildman–Crippen MR) is 71.2 cm³/mol. The fraction of sp³-hybridized carbons (Fsp3) is 0.429. The van der Waals surface area contributed by atoms with E-state index in [0.29, 0.717) is 11.7 Å². The van der Waals surface area contributed by atoms with Crippen LogP contribution < -0.4 is 5.32 Å². The normalized spacial score (nSPS) is 11.8. The van der Waals surface area contributed by atoms with Crippen molar-refractivity contribution in [1.82, 2.24) is 15.5 Å². The molecule has 1 aromatic carbocycles. The topological polar surface area (TPSA) is 51.0 Å². The van der Waals surface area contributed by atoms with Crippen LogP contribution in [0.25, 0.3) is 11.4 Å². The van der Waals surface area contributed by atoms with Gasteiger partial charge in [0.1, 0.15) is 0 Å². The van der Waals surface area contributed by atoms with Gasteiger partial charge in [-0.25, -0.2) is 0 Å². The van der Waals surface area contributed by atoms with Crippen LogP contribution in [0.15, 0.2) is 28.8 Å². The smallest absolute Gasteiger partial charge is 0.246 e. The standard InChI is InChI=1S/C14H19N3O/c1-5-15-14(3,4)13-16-12(17-18-13)11-8-6-10(2)7-9-11/h6-9,15H,5H2,1-4H3.